The summed E-state index contributed by atoms with van der Waals surface area (Å²) in [6, 6.07) is 6.97. The van der Waals surface area contributed by atoms with Crippen molar-refractivity contribution in [1.82, 2.24) is 14.8 Å². The zero-order chi connectivity index (χ0) is 22.8. The summed E-state index contributed by atoms with van der Waals surface area (Å²) in [4.78, 5) is 22.2. The number of nitrogens with zero attached hydrogens (tertiary/aromatic N) is 5. The van der Waals surface area contributed by atoms with Gasteiger partial charge in [0.15, 0.2) is 5.82 Å². The van der Waals surface area contributed by atoms with Crippen LogP contribution in [0.3, 0.4) is 0 Å². The standard InChI is InChI=1S/C23H22ClN5O2S/c1-13-19(12-25-3)32-23-20(13)21(15-6-8-16(24)9-7-15)26-18(11-17(31)5-4-10-30)22-28-27-14(2)29(22)23/h6-9,18,30H,4-5,10-12H2,1-2H3/t18-/m0/s1. The largest absolute Gasteiger partial charge is 0.396 e. The molecular formula is C23H22ClN5O2S. The molecule has 0 unspecified atom stereocenters. The van der Waals surface area contributed by atoms with Crippen molar-refractivity contribution in [2.45, 2.75) is 45.7 Å². The fourth-order valence-electron chi connectivity index (χ4n) is 3.88. The summed E-state index contributed by atoms with van der Waals surface area (Å²) in [5, 5.41) is 19.3. The van der Waals surface area contributed by atoms with Crippen molar-refractivity contribution in [1.29, 1.82) is 0 Å². The third-order valence-electron chi connectivity index (χ3n) is 5.47. The number of fused-ring (bicyclic) bond motifs is 3. The molecule has 0 saturated heterocycles. The first kappa shape index (κ1) is 22.3. The second-order valence-electron chi connectivity index (χ2n) is 7.66. The van der Waals surface area contributed by atoms with Crippen LogP contribution in [0.4, 0.5) is 0 Å². The van der Waals surface area contributed by atoms with E-state index in [1.54, 1.807) is 11.3 Å². The second kappa shape index (κ2) is 9.33. The molecule has 0 radical (unpaired) electrons. The van der Waals surface area contributed by atoms with Gasteiger partial charge in [-0.25, -0.2) is 6.57 Å². The number of aryl methyl sites for hydroxylation is 1. The molecule has 0 fully saturated rings. The Morgan fingerprint density at radius 2 is 2.03 bits per heavy atom. The summed E-state index contributed by atoms with van der Waals surface area (Å²) in [7, 11) is 0. The first-order chi connectivity index (χ1) is 15.4. The van der Waals surface area contributed by atoms with E-state index >= 15 is 0 Å². The number of benzene rings is 1. The summed E-state index contributed by atoms with van der Waals surface area (Å²) >= 11 is 7.67. The van der Waals surface area contributed by atoms with Crippen molar-refractivity contribution in [3.63, 3.8) is 0 Å². The quantitative estimate of drug-likeness (QED) is 0.513. The van der Waals surface area contributed by atoms with Crippen molar-refractivity contribution >= 4 is 34.4 Å². The van der Waals surface area contributed by atoms with E-state index < -0.39 is 6.04 Å². The zero-order valence-electron chi connectivity index (χ0n) is 17.8. The van der Waals surface area contributed by atoms with E-state index in [0.717, 1.165) is 32.3 Å². The lowest BCUT2D eigenvalue weighted by Crippen LogP contribution is -2.11. The highest BCUT2D eigenvalue weighted by Crippen LogP contribution is 2.40. The predicted molar refractivity (Wildman–Crippen MR) is 125 cm³/mol. The average Bonchev–Trinajstić information content (AvgIpc) is 3.26. The molecule has 1 aliphatic rings. The number of aliphatic imine (C=N–C) groups is 1. The van der Waals surface area contributed by atoms with E-state index in [2.05, 4.69) is 15.0 Å². The van der Waals surface area contributed by atoms with Crippen LogP contribution < -0.4 is 0 Å². The van der Waals surface area contributed by atoms with Gasteiger partial charge < -0.3 is 9.95 Å². The summed E-state index contributed by atoms with van der Waals surface area (Å²) < 4.78 is 1.97. The lowest BCUT2D eigenvalue weighted by atomic mass is 9.99. The van der Waals surface area contributed by atoms with Gasteiger partial charge >= 0.3 is 0 Å². The fourth-order valence-corrected chi connectivity index (χ4v) is 5.30. The van der Waals surface area contributed by atoms with Crippen LogP contribution in [0, 0.1) is 20.4 Å². The van der Waals surface area contributed by atoms with Crippen LogP contribution >= 0.6 is 22.9 Å². The molecule has 4 rings (SSSR count). The maximum atomic E-state index is 12.6. The monoisotopic (exact) mass is 467 g/mol. The van der Waals surface area contributed by atoms with Gasteiger partial charge in [0.2, 0.25) is 6.54 Å². The van der Waals surface area contributed by atoms with Crippen LogP contribution in [0.2, 0.25) is 5.02 Å². The van der Waals surface area contributed by atoms with E-state index in [1.165, 1.54) is 0 Å². The number of carbonyl (C=O) groups excluding carboxylic acids is 1. The zero-order valence-corrected chi connectivity index (χ0v) is 19.4. The molecule has 1 aromatic carbocycles. The minimum atomic E-state index is -0.503. The Bertz CT molecular complexity index is 1240. The normalized spacial score (nSPS) is 14.8. The summed E-state index contributed by atoms with van der Waals surface area (Å²) in [6.07, 6.45) is 0.900. The average molecular weight is 468 g/mol. The number of hydrogen-bond donors (Lipinski definition) is 1. The maximum absolute atomic E-state index is 12.6. The molecular weight excluding hydrogens is 446 g/mol. The number of hydrogen-bond acceptors (Lipinski definition) is 6. The molecule has 0 saturated carbocycles. The number of aliphatic hydroxyl groups is 1. The van der Waals surface area contributed by atoms with Crippen molar-refractivity contribution in [3.05, 3.63) is 73.9 Å². The summed E-state index contributed by atoms with van der Waals surface area (Å²) in [6.45, 7) is 11.5. The number of thiophene rings is 1. The fraction of sp³-hybridized carbons (Fsp3) is 0.348. The Hall–Kier alpha value is -2.86. The minimum Gasteiger partial charge on any atom is -0.396 e. The number of ketones is 1. The highest BCUT2D eigenvalue weighted by Gasteiger charge is 2.33. The lowest BCUT2D eigenvalue weighted by molar-refractivity contribution is -0.119. The van der Waals surface area contributed by atoms with Crippen molar-refractivity contribution in [2.75, 3.05) is 6.61 Å². The highest BCUT2D eigenvalue weighted by atomic mass is 35.5. The highest BCUT2D eigenvalue weighted by molar-refractivity contribution is 7.15. The van der Waals surface area contributed by atoms with Gasteiger partial charge in [-0.3, -0.25) is 14.4 Å². The molecule has 3 aromatic rings. The molecule has 0 bridgehead atoms. The minimum absolute atomic E-state index is 0.0196. The Kier molecular flexibility index (Phi) is 6.51. The molecule has 7 nitrogen and oxygen atoms in total. The van der Waals surface area contributed by atoms with E-state index in [4.69, 9.17) is 28.3 Å². The molecule has 1 N–H and O–H groups in total. The maximum Gasteiger partial charge on any atom is 0.249 e. The number of Topliss-reactive ketones (excluding diaryl/α,β-unsaturated/α-hetero) is 1. The number of halogens is 1. The van der Waals surface area contributed by atoms with Crippen molar-refractivity contribution in [3.8, 4) is 5.00 Å². The first-order valence-electron chi connectivity index (χ1n) is 10.3. The number of aliphatic hydroxyl groups excluding tert-OH is 1. The van der Waals surface area contributed by atoms with Crippen LogP contribution in [-0.4, -0.2) is 38.0 Å². The molecule has 1 atom stereocenters. The summed E-state index contributed by atoms with van der Waals surface area (Å²) in [5.41, 5.74) is 3.58. The number of carbonyl (C=O) groups is 1. The molecule has 164 valence electrons. The van der Waals surface area contributed by atoms with Crippen LogP contribution in [-0.2, 0) is 11.3 Å². The van der Waals surface area contributed by atoms with Crippen LogP contribution in [0.25, 0.3) is 9.85 Å². The second-order valence-corrected chi connectivity index (χ2v) is 9.18. The first-order valence-corrected chi connectivity index (χ1v) is 11.5. The number of aromatic nitrogens is 3. The van der Waals surface area contributed by atoms with Gasteiger partial charge in [-0.15, -0.1) is 21.5 Å². The van der Waals surface area contributed by atoms with E-state index in [9.17, 15) is 4.79 Å². The lowest BCUT2D eigenvalue weighted by Gasteiger charge is -2.12. The van der Waals surface area contributed by atoms with E-state index in [1.807, 2.05) is 42.7 Å². The predicted octanol–water partition coefficient (Wildman–Crippen LogP) is 4.64. The van der Waals surface area contributed by atoms with Crippen molar-refractivity contribution in [2.24, 2.45) is 4.99 Å². The Morgan fingerprint density at radius 3 is 2.72 bits per heavy atom. The molecule has 1 aliphatic heterocycles. The molecule has 9 heteroatoms. The molecule has 2 aromatic heterocycles. The van der Waals surface area contributed by atoms with Gasteiger partial charge in [0.05, 0.1) is 10.6 Å². The van der Waals surface area contributed by atoms with Gasteiger partial charge in [-0.2, -0.15) is 0 Å². The van der Waals surface area contributed by atoms with E-state index in [-0.39, 0.29) is 25.4 Å². The van der Waals surface area contributed by atoms with Gasteiger partial charge in [-0.05, 0) is 38.0 Å². The molecule has 3 heterocycles. The third-order valence-corrected chi connectivity index (χ3v) is 6.99. The molecule has 32 heavy (non-hydrogen) atoms. The molecule has 0 aliphatic carbocycles. The Labute approximate surface area is 195 Å². The van der Waals surface area contributed by atoms with Crippen LogP contribution in [0.5, 0.6) is 0 Å². The van der Waals surface area contributed by atoms with Gasteiger partial charge in [0, 0.05) is 35.6 Å². The SMILES string of the molecule is [C-]#[N+]Cc1sc2c(c1C)C(c1ccc(Cl)cc1)=N[C@@H](CC(=O)CCCO)c1nnc(C)n1-2. The Balaban J connectivity index is 1.93. The smallest absolute Gasteiger partial charge is 0.249 e. The number of rotatable bonds is 7. The topological polar surface area (TPSA) is 84.7 Å². The van der Waals surface area contributed by atoms with Crippen molar-refractivity contribution < 1.29 is 9.90 Å². The Morgan fingerprint density at radius 1 is 1.28 bits per heavy atom. The van der Waals surface area contributed by atoms with Gasteiger partial charge in [0.25, 0.3) is 0 Å². The molecule has 0 spiro atoms. The molecule has 0 amide bonds. The van der Waals surface area contributed by atoms with Gasteiger partial charge in [0.1, 0.15) is 22.7 Å². The van der Waals surface area contributed by atoms with Gasteiger partial charge in [-0.1, -0.05) is 23.7 Å². The third kappa shape index (κ3) is 4.11. The van der Waals surface area contributed by atoms with Crippen LogP contribution in [0.15, 0.2) is 29.3 Å². The summed E-state index contributed by atoms with van der Waals surface area (Å²) in [5.74, 6) is 1.34. The van der Waals surface area contributed by atoms with Crippen LogP contribution in [0.1, 0.15) is 58.5 Å². The van der Waals surface area contributed by atoms with E-state index in [0.29, 0.717) is 29.5 Å².